The smallest absolute Gasteiger partial charge is 0.199 e. The number of nitrogens with zero attached hydrogens (tertiary/aromatic N) is 2. The number of unbranched alkanes of at least 4 members (excludes halogenated alkanes) is 8. The van der Waals surface area contributed by atoms with Crippen LogP contribution in [0.1, 0.15) is 77.2 Å². The van der Waals surface area contributed by atoms with Gasteiger partial charge >= 0.3 is 0 Å². The van der Waals surface area contributed by atoms with Crippen molar-refractivity contribution in [3.8, 4) is 5.75 Å². The van der Waals surface area contributed by atoms with Gasteiger partial charge in [0.25, 0.3) is 0 Å². The molecule has 0 amide bonds. The first-order valence-corrected chi connectivity index (χ1v) is 11.2. The molecule has 0 saturated heterocycles. The normalized spacial score (nSPS) is 17.6. The van der Waals surface area contributed by atoms with E-state index >= 15 is 0 Å². The number of amidine groups is 1. The lowest BCUT2D eigenvalue weighted by Crippen LogP contribution is -2.55. The van der Waals surface area contributed by atoms with Gasteiger partial charge in [-0.05, 0) is 37.6 Å². The molecule has 0 radical (unpaired) electrons. The van der Waals surface area contributed by atoms with Crippen molar-refractivity contribution in [1.29, 1.82) is 0 Å². The third kappa shape index (κ3) is 9.79. The Morgan fingerprint density at radius 3 is 2.31 bits per heavy atom. The molecule has 1 aromatic carbocycles. The number of benzene rings is 1. The van der Waals surface area contributed by atoms with E-state index < -0.39 is 0 Å². The number of methoxy groups -OCH3 is 1. The zero-order chi connectivity index (χ0) is 20.7. The summed E-state index contributed by atoms with van der Waals surface area (Å²) in [6.07, 6.45) is 12.0. The molecular weight excluding hydrogens is 362 g/mol. The van der Waals surface area contributed by atoms with E-state index in [9.17, 15) is 0 Å². The molecule has 6 heteroatoms. The van der Waals surface area contributed by atoms with Crippen molar-refractivity contribution in [2.75, 3.05) is 13.7 Å². The Labute approximate surface area is 176 Å². The molecule has 0 aromatic heterocycles. The Morgan fingerprint density at radius 2 is 1.66 bits per heavy atom. The molecule has 1 aromatic rings. The first-order valence-electron chi connectivity index (χ1n) is 11.2. The summed E-state index contributed by atoms with van der Waals surface area (Å²) < 4.78 is 5.20. The van der Waals surface area contributed by atoms with Crippen LogP contribution in [0.2, 0.25) is 0 Å². The fraction of sp³-hybridized carbons (Fsp3) is 0.652. The first kappa shape index (κ1) is 23.2. The van der Waals surface area contributed by atoms with Crippen molar-refractivity contribution in [2.45, 2.75) is 84.5 Å². The van der Waals surface area contributed by atoms with E-state index in [-0.39, 0.29) is 6.29 Å². The van der Waals surface area contributed by atoms with Gasteiger partial charge in [0, 0.05) is 0 Å². The third-order valence-corrected chi connectivity index (χ3v) is 5.09. The average Bonchev–Trinajstić information content (AvgIpc) is 2.73. The van der Waals surface area contributed by atoms with Crippen LogP contribution in [-0.2, 0) is 6.54 Å². The molecule has 3 N–H and O–H groups in total. The molecule has 1 aliphatic rings. The van der Waals surface area contributed by atoms with Crippen LogP contribution in [0.15, 0.2) is 34.3 Å². The van der Waals surface area contributed by atoms with Crippen LogP contribution >= 0.6 is 0 Å². The van der Waals surface area contributed by atoms with E-state index in [0.717, 1.165) is 29.7 Å². The lowest BCUT2D eigenvalue weighted by molar-refractivity contribution is 0.414. The molecule has 0 aliphatic carbocycles. The van der Waals surface area contributed by atoms with Gasteiger partial charge in [-0.3, -0.25) is 5.32 Å². The lowest BCUT2D eigenvalue weighted by atomic mass is 10.1. The minimum atomic E-state index is -0.111. The second-order valence-corrected chi connectivity index (χ2v) is 7.68. The second kappa shape index (κ2) is 14.0. The topological polar surface area (TPSA) is 70.0 Å². The zero-order valence-corrected chi connectivity index (χ0v) is 18.5. The van der Waals surface area contributed by atoms with Gasteiger partial charge in [-0.15, -0.1) is 0 Å². The van der Waals surface area contributed by atoms with Crippen LogP contribution in [0.4, 0.5) is 0 Å². The fourth-order valence-corrected chi connectivity index (χ4v) is 3.35. The van der Waals surface area contributed by atoms with Gasteiger partial charge in [-0.1, -0.05) is 70.4 Å². The monoisotopic (exact) mass is 401 g/mol. The van der Waals surface area contributed by atoms with E-state index in [0.29, 0.717) is 6.54 Å². The Balaban J connectivity index is 1.62. The number of hydrogen-bond donors (Lipinski definition) is 3. The quantitative estimate of drug-likeness (QED) is 0.400. The number of guanidine groups is 1. The summed E-state index contributed by atoms with van der Waals surface area (Å²) in [4.78, 5) is 9.21. The zero-order valence-electron chi connectivity index (χ0n) is 18.5. The molecule has 0 spiro atoms. The van der Waals surface area contributed by atoms with Gasteiger partial charge in [0.05, 0.1) is 13.7 Å². The van der Waals surface area contributed by atoms with Gasteiger partial charge < -0.3 is 15.4 Å². The first-order chi connectivity index (χ1) is 14.2. The molecule has 6 nitrogen and oxygen atoms in total. The average molecular weight is 402 g/mol. The van der Waals surface area contributed by atoms with Gasteiger partial charge in [0.1, 0.15) is 11.6 Å². The van der Waals surface area contributed by atoms with E-state index in [1.807, 2.05) is 31.2 Å². The molecule has 1 heterocycles. The molecule has 1 atom stereocenters. The van der Waals surface area contributed by atoms with Crippen LogP contribution < -0.4 is 20.7 Å². The predicted octanol–water partition coefficient (Wildman–Crippen LogP) is 4.57. The third-order valence-electron chi connectivity index (χ3n) is 5.09. The van der Waals surface area contributed by atoms with Crippen LogP contribution in [0.5, 0.6) is 5.75 Å². The maximum absolute atomic E-state index is 5.20. The van der Waals surface area contributed by atoms with Crippen LogP contribution in [-0.4, -0.2) is 31.7 Å². The van der Waals surface area contributed by atoms with E-state index in [2.05, 4.69) is 32.9 Å². The SMILES string of the molecule is CCCCCCCCCCCNC1N=C(C)NC(=NCc2ccc(OC)cc2)N1. The van der Waals surface area contributed by atoms with Crippen molar-refractivity contribution in [3.63, 3.8) is 0 Å². The van der Waals surface area contributed by atoms with Gasteiger partial charge in [-0.2, -0.15) is 0 Å². The maximum Gasteiger partial charge on any atom is 0.199 e. The van der Waals surface area contributed by atoms with E-state index in [1.165, 1.54) is 57.8 Å². The van der Waals surface area contributed by atoms with Crippen molar-refractivity contribution in [3.05, 3.63) is 29.8 Å². The highest BCUT2D eigenvalue weighted by Gasteiger charge is 2.14. The summed E-state index contributed by atoms with van der Waals surface area (Å²) in [5.41, 5.74) is 1.14. The molecular formula is C23H39N5O. The number of aliphatic imine (C=N–C) groups is 2. The Kier molecular flexibility index (Phi) is 11.2. The maximum atomic E-state index is 5.20. The molecule has 1 unspecified atom stereocenters. The highest BCUT2D eigenvalue weighted by atomic mass is 16.5. The van der Waals surface area contributed by atoms with Crippen LogP contribution in [0.25, 0.3) is 0 Å². The van der Waals surface area contributed by atoms with Crippen molar-refractivity contribution in [2.24, 2.45) is 9.98 Å². The van der Waals surface area contributed by atoms with Crippen LogP contribution in [0.3, 0.4) is 0 Å². The van der Waals surface area contributed by atoms with Crippen molar-refractivity contribution in [1.82, 2.24) is 16.0 Å². The number of rotatable bonds is 14. The molecule has 0 fully saturated rings. The summed E-state index contributed by atoms with van der Waals surface area (Å²) in [6.45, 7) is 5.82. The van der Waals surface area contributed by atoms with Crippen LogP contribution in [0, 0.1) is 0 Å². The summed E-state index contributed by atoms with van der Waals surface area (Å²) in [5.74, 6) is 2.50. The number of hydrogen-bond acceptors (Lipinski definition) is 4. The minimum absolute atomic E-state index is 0.111. The molecule has 2 rings (SSSR count). The Morgan fingerprint density at radius 1 is 1.00 bits per heavy atom. The van der Waals surface area contributed by atoms with Gasteiger partial charge in [0.15, 0.2) is 12.2 Å². The summed E-state index contributed by atoms with van der Waals surface area (Å²) in [7, 11) is 1.68. The van der Waals surface area contributed by atoms with Gasteiger partial charge in [-0.25, -0.2) is 9.98 Å². The van der Waals surface area contributed by atoms with Crippen molar-refractivity contribution >= 4 is 11.8 Å². The Bertz CT molecular complexity index is 627. The van der Waals surface area contributed by atoms with Gasteiger partial charge in [0.2, 0.25) is 0 Å². The largest absolute Gasteiger partial charge is 0.497 e. The second-order valence-electron chi connectivity index (χ2n) is 7.68. The predicted molar refractivity (Wildman–Crippen MR) is 123 cm³/mol. The standard InChI is InChI=1S/C23H39N5O/c1-4-5-6-7-8-9-10-11-12-17-24-22-26-19(2)27-23(28-22)25-18-20-13-15-21(29-3)16-14-20/h13-16,22,24H,4-12,17-18H2,1-3H3,(H2,25,26,27,28). The fourth-order valence-electron chi connectivity index (χ4n) is 3.35. The van der Waals surface area contributed by atoms with E-state index in [4.69, 9.17) is 4.74 Å². The molecule has 0 saturated carbocycles. The Hall–Kier alpha value is -2.08. The van der Waals surface area contributed by atoms with Crippen molar-refractivity contribution < 1.29 is 4.74 Å². The molecule has 162 valence electrons. The summed E-state index contributed by atoms with van der Waals surface area (Å²) >= 11 is 0. The molecule has 29 heavy (non-hydrogen) atoms. The summed E-state index contributed by atoms with van der Waals surface area (Å²) in [6, 6.07) is 7.98. The number of ether oxygens (including phenoxy) is 1. The minimum Gasteiger partial charge on any atom is -0.497 e. The highest BCUT2D eigenvalue weighted by Crippen LogP contribution is 2.12. The highest BCUT2D eigenvalue weighted by molar-refractivity contribution is 6.00. The molecule has 0 bridgehead atoms. The van der Waals surface area contributed by atoms with E-state index in [1.54, 1.807) is 7.11 Å². The molecule has 1 aliphatic heterocycles. The lowest BCUT2D eigenvalue weighted by Gasteiger charge is -2.25. The number of nitrogens with one attached hydrogen (secondary N) is 3. The summed E-state index contributed by atoms with van der Waals surface area (Å²) in [5, 5.41) is 10.0.